The number of nitrogens with one attached hydrogen (secondary N) is 1. The van der Waals surface area contributed by atoms with Crippen LogP contribution in [0.4, 0.5) is 0 Å². The number of rotatable bonds is 7. The Morgan fingerprint density at radius 2 is 1.96 bits per heavy atom. The summed E-state index contributed by atoms with van der Waals surface area (Å²) in [6.45, 7) is 4.64. The van der Waals surface area contributed by atoms with E-state index in [0.717, 1.165) is 24.2 Å². The van der Waals surface area contributed by atoms with Crippen molar-refractivity contribution in [1.82, 2.24) is 20.0 Å². The predicted octanol–water partition coefficient (Wildman–Crippen LogP) is 1.85. The first kappa shape index (κ1) is 18.1. The van der Waals surface area contributed by atoms with E-state index >= 15 is 0 Å². The summed E-state index contributed by atoms with van der Waals surface area (Å²) in [5.41, 5.74) is 2.46. The monoisotopic (exact) mass is 356 g/mol. The summed E-state index contributed by atoms with van der Waals surface area (Å²) >= 11 is 0. The van der Waals surface area contributed by atoms with E-state index in [1.54, 1.807) is 16.8 Å². The van der Waals surface area contributed by atoms with E-state index in [2.05, 4.69) is 10.4 Å². The summed E-state index contributed by atoms with van der Waals surface area (Å²) in [7, 11) is 0. The molecular weight excluding hydrogens is 332 g/mol. The molecule has 26 heavy (non-hydrogen) atoms. The lowest BCUT2D eigenvalue weighted by atomic mass is 9.85. The summed E-state index contributed by atoms with van der Waals surface area (Å²) in [6, 6.07) is 9.59. The van der Waals surface area contributed by atoms with Crippen LogP contribution in [0.1, 0.15) is 35.8 Å². The number of hydrogen-bond acceptors (Lipinski definition) is 4. The number of carboxylic acids is 1. The highest BCUT2D eigenvalue weighted by molar-refractivity contribution is 5.94. The zero-order chi connectivity index (χ0) is 18.7. The standard InChI is InChI=1S/C19H24N4O3/c1-3-22(12-18(24)25)17-10-15(11-17)20-19(26)14-4-6-16(7-5-14)23-9-8-13(2)21-23/h4-9,15,17H,3,10-12H2,1-2H3,(H,20,26)(H,24,25). The second kappa shape index (κ2) is 7.70. The Kier molecular flexibility index (Phi) is 5.37. The van der Waals surface area contributed by atoms with Gasteiger partial charge in [0.05, 0.1) is 17.9 Å². The number of carboxylic acid groups (broad SMARTS) is 1. The Bertz CT molecular complexity index is 778. The first-order valence-electron chi connectivity index (χ1n) is 8.85. The van der Waals surface area contributed by atoms with Crippen molar-refractivity contribution < 1.29 is 14.7 Å². The number of nitrogens with zero attached hydrogens (tertiary/aromatic N) is 3. The molecule has 1 amide bonds. The highest BCUT2D eigenvalue weighted by Crippen LogP contribution is 2.26. The quantitative estimate of drug-likeness (QED) is 0.790. The molecule has 0 radical (unpaired) electrons. The average Bonchev–Trinajstić information content (AvgIpc) is 3.02. The fraction of sp³-hybridized carbons (Fsp3) is 0.421. The predicted molar refractivity (Wildman–Crippen MR) is 97.5 cm³/mol. The van der Waals surface area contributed by atoms with E-state index in [0.29, 0.717) is 12.1 Å². The fourth-order valence-electron chi connectivity index (χ4n) is 3.27. The minimum Gasteiger partial charge on any atom is -0.480 e. The van der Waals surface area contributed by atoms with Crippen molar-refractivity contribution in [2.75, 3.05) is 13.1 Å². The van der Waals surface area contributed by atoms with Gasteiger partial charge in [-0.2, -0.15) is 5.10 Å². The summed E-state index contributed by atoms with van der Waals surface area (Å²) in [5.74, 6) is -0.912. The van der Waals surface area contributed by atoms with E-state index in [1.165, 1.54) is 0 Å². The topological polar surface area (TPSA) is 87.5 Å². The van der Waals surface area contributed by atoms with E-state index in [-0.39, 0.29) is 24.5 Å². The summed E-state index contributed by atoms with van der Waals surface area (Å²) in [5, 5.41) is 16.3. The average molecular weight is 356 g/mol. The van der Waals surface area contributed by atoms with Gasteiger partial charge in [0.15, 0.2) is 0 Å². The van der Waals surface area contributed by atoms with Crippen LogP contribution in [-0.2, 0) is 4.79 Å². The number of aryl methyl sites for hydroxylation is 1. The Morgan fingerprint density at radius 1 is 1.27 bits per heavy atom. The molecule has 1 saturated carbocycles. The molecule has 2 N–H and O–H groups in total. The van der Waals surface area contributed by atoms with Crippen molar-refractivity contribution in [3.63, 3.8) is 0 Å². The first-order valence-corrected chi connectivity index (χ1v) is 8.85. The molecule has 1 aromatic heterocycles. The molecule has 138 valence electrons. The number of amides is 1. The van der Waals surface area contributed by atoms with Crippen LogP contribution in [-0.4, -0.2) is 56.8 Å². The molecule has 0 aliphatic heterocycles. The molecule has 0 spiro atoms. The van der Waals surface area contributed by atoms with E-state index in [4.69, 9.17) is 5.11 Å². The van der Waals surface area contributed by atoms with Crippen molar-refractivity contribution >= 4 is 11.9 Å². The Hall–Kier alpha value is -2.67. The Balaban J connectivity index is 1.52. The Labute approximate surface area is 152 Å². The van der Waals surface area contributed by atoms with Gasteiger partial charge in [-0.1, -0.05) is 6.92 Å². The first-order chi connectivity index (χ1) is 12.5. The third kappa shape index (κ3) is 4.11. The minimum atomic E-state index is -0.813. The van der Waals surface area contributed by atoms with Gasteiger partial charge in [-0.05, 0) is 56.6 Å². The molecule has 1 aliphatic rings. The van der Waals surface area contributed by atoms with E-state index in [1.807, 2.05) is 43.1 Å². The Morgan fingerprint density at radius 3 is 2.50 bits per heavy atom. The van der Waals surface area contributed by atoms with Crippen LogP contribution in [0.3, 0.4) is 0 Å². The fourth-order valence-corrected chi connectivity index (χ4v) is 3.27. The van der Waals surface area contributed by atoms with Crippen molar-refractivity contribution in [2.45, 2.75) is 38.8 Å². The maximum Gasteiger partial charge on any atom is 0.317 e. The second-order valence-electron chi connectivity index (χ2n) is 6.70. The number of benzene rings is 1. The van der Waals surface area contributed by atoms with Gasteiger partial charge in [0.2, 0.25) is 0 Å². The zero-order valence-electron chi connectivity index (χ0n) is 15.1. The highest BCUT2D eigenvalue weighted by Gasteiger charge is 2.34. The van der Waals surface area contributed by atoms with Gasteiger partial charge in [-0.25, -0.2) is 4.68 Å². The van der Waals surface area contributed by atoms with Crippen molar-refractivity contribution in [1.29, 1.82) is 0 Å². The maximum atomic E-state index is 12.4. The smallest absolute Gasteiger partial charge is 0.317 e. The zero-order valence-corrected chi connectivity index (χ0v) is 15.1. The second-order valence-corrected chi connectivity index (χ2v) is 6.70. The highest BCUT2D eigenvalue weighted by atomic mass is 16.4. The molecular formula is C19H24N4O3. The number of likely N-dealkylation sites (N-methyl/N-ethyl adjacent to an activating group) is 1. The van der Waals surface area contributed by atoms with Crippen LogP contribution >= 0.6 is 0 Å². The van der Waals surface area contributed by atoms with Gasteiger partial charge < -0.3 is 10.4 Å². The van der Waals surface area contributed by atoms with Crippen LogP contribution in [0.2, 0.25) is 0 Å². The number of hydrogen-bond donors (Lipinski definition) is 2. The molecule has 0 saturated heterocycles. The lowest BCUT2D eigenvalue weighted by Crippen LogP contribution is -2.54. The van der Waals surface area contributed by atoms with Crippen molar-refractivity contribution in [3.8, 4) is 5.69 Å². The normalized spacial score (nSPS) is 19.2. The van der Waals surface area contributed by atoms with Gasteiger partial charge in [0, 0.05) is 23.8 Å². The number of aromatic nitrogens is 2. The van der Waals surface area contributed by atoms with Crippen molar-refractivity contribution in [3.05, 3.63) is 47.8 Å². The number of carbonyl (C=O) groups is 2. The minimum absolute atomic E-state index is 0.0518. The van der Waals surface area contributed by atoms with Crippen LogP contribution in [0.15, 0.2) is 36.5 Å². The molecule has 1 fully saturated rings. The summed E-state index contributed by atoms with van der Waals surface area (Å²) in [4.78, 5) is 25.2. The van der Waals surface area contributed by atoms with Crippen LogP contribution in [0.25, 0.3) is 5.69 Å². The van der Waals surface area contributed by atoms with Gasteiger partial charge in [0.1, 0.15) is 0 Å². The molecule has 0 unspecified atom stereocenters. The third-order valence-corrected chi connectivity index (χ3v) is 4.83. The van der Waals surface area contributed by atoms with Crippen LogP contribution in [0.5, 0.6) is 0 Å². The molecule has 1 aliphatic carbocycles. The SMILES string of the molecule is CCN(CC(=O)O)C1CC(NC(=O)c2ccc(-n3ccc(C)n3)cc2)C1. The molecule has 1 heterocycles. The van der Waals surface area contributed by atoms with E-state index in [9.17, 15) is 9.59 Å². The molecule has 3 rings (SSSR count). The molecule has 7 heteroatoms. The lowest BCUT2D eigenvalue weighted by molar-refractivity contribution is -0.139. The summed E-state index contributed by atoms with van der Waals surface area (Å²) in [6.07, 6.45) is 3.46. The van der Waals surface area contributed by atoms with Crippen molar-refractivity contribution in [2.24, 2.45) is 0 Å². The molecule has 1 aromatic carbocycles. The maximum absolute atomic E-state index is 12.4. The van der Waals surface area contributed by atoms with Crippen LogP contribution in [0, 0.1) is 6.92 Å². The van der Waals surface area contributed by atoms with Gasteiger partial charge in [-0.3, -0.25) is 14.5 Å². The molecule has 0 atom stereocenters. The van der Waals surface area contributed by atoms with Gasteiger partial charge >= 0.3 is 5.97 Å². The third-order valence-electron chi connectivity index (χ3n) is 4.83. The van der Waals surface area contributed by atoms with Crippen LogP contribution < -0.4 is 5.32 Å². The summed E-state index contributed by atoms with van der Waals surface area (Å²) < 4.78 is 1.77. The lowest BCUT2D eigenvalue weighted by Gasteiger charge is -2.42. The number of aliphatic carboxylic acids is 1. The molecule has 7 nitrogen and oxygen atoms in total. The van der Waals surface area contributed by atoms with E-state index < -0.39 is 5.97 Å². The largest absolute Gasteiger partial charge is 0.480 e. The molecule has 2 aromatic rings. The van der Waals surface area contributed by atoms with Gasteiger partial charge in [-0.15, -0.1) is 0 Å². The van der Waals surface area contributed by atoms with Gasteiger partial charge in [0.25, 0.3) is 5.91 Å². The molecule has 0 bridgehead atoms. The number of carbonyl (C=O) groups excluding carboxylic acids is 1.